The van der Waals surface area contributed by atoms with Crippen LogP contribution in [0.4, 0.5) is 4.39 Å². The summed E-state index contributed by atoms with van der Waals surface area (Å²) < 4.78 is 12.7. The highest BCUT2D eigenvalue weighted by molar-refractivity contribution is 5.95. The lowest BCUT2D eigenvalue weighted by Crippen LogP contribution is -2.17. The Hall–Kier alpha value is -2.69. The Morgan fingerprint density at radius 2 is 1.95 bits per heavy atom. The first kappa shape index (κ1) is 13.7. The van der Waals surface area contributed by atoms with Crippen molar-refractivity contribution >= 4 is 12.1 Å². The molecule has 2 aromatic rings. The molecule has 0 aliphatic carbocycles. The molecule has 0 aliphatic heterocycles. The minimum atomic E-state index is -0.451. The Morgan fingerprint density at radius 3 is 2.60 bits per heavy atom. The fraction of sp³-hybridized carbons (Fsp3) is 0.0667. The standard InChI is InChI=1S/C15H13FN2O2/c1-10-2-3-12(14(19)8-10)9-17-18-15(20)11-4-6-13(16)7-5-11/h2-9,19H,1H3,(H,18,20). The molecule has 2 aromatic carbocycles. The van der Waals surface area contributed by atoms with E-state index in [-0.39, 0.29) is 5.75 Å². The van der Waals surface area contributed by atoms with Gasteiger partial charge in [0.25, 0.3) is 5.91 Å². The van der Waals surface area contributed by atoms with E-state index in [1.165, 1.54) is 30.5 Å². The summed E-state index contributed by atoms with van der Waals surface area (Å²) in [5, 5.41) is 13.4. The molecule has 2 rings (SSSR count). The van der Waals surface area contributed by atoms with Crippen LogP contribution >= 0.6 is 0 Å². The summed E-state index contributed by atoms with van der Waals surface area (Å²) in [6.45, 7) is 1.86. The van der Waals surface area contributed by atoms with Gasteiger partial charge >= 0.3 is 0 Å². The molecule has 0 aliphatic rings. The van der Waals surface area contributed by atoms with Gasteiger partial charge in [-0.05, 0) is 48.9 Å². The molecule has 20 heavy (non-hydrogen) atoms. The van der Waals surface area contributed by atoms with Gasteiger partial charge < -0.3 is 5.11 Å². The first-order valence-corrected chi connectivity index (χ1v) is 5.95. The van der Waals surface area contributed by atoms with Crippen molar-refractivity contribution in [3.63, 3.8) is 0 Å². The molecule has 1 amide bonds. The predicted molar refractivity (Wildman–Crippen MR) is 74.3 cm³/mol. The van der Waals surface area contributed by atoms with E-state index in [9.17, 15) is 14.3 Å². The third-order valence-corrected chi connectivity index (χ3v) is 2.66. The number of phenolic OH excluding ortho intramolecular Hbond substituents is 1. The summed E-state index contributed by atoms with van der Waals surface area (Å²) >= 11 is 0. The highest BCUT2D eigenvalue weighted by Crippen LogP contribution is 2.16. The van der Waals surface area contributed by atoms with E-state index in [1.807, 2.05) is 13.0 Å². The third-order valence-electron chi connectivity index (χ3n) is 2.66. The van der Waals surface area contributed by atoms with Gasteiger partial charge in [0.05, 0.1) is 6.21 Å². The Bertz CT molecular complexity index is 651. The summed E-state index contributed by atoms with van der Waals surface area (Å²) in [4.78, 5) is 11.7. The maximum atomic E-state index is 12.7. The molecule has 2 N–H and O–H groups in total. The molecule has 102 valence electrons. The highest BCUT2D eigenvalue weighted by atomic mass is 19.1. The first-order chi connectivity index (χ1) is 9.56. The molecule has 0 heterocycles. The summed E-state index contributed by atoms with van der Waals surface area (Å²) in [5.74, 6) is -0.771. The zero-order valence-corrected chi connectivity index (χ0v) is 10.8. The number of amides is 1. The minimum Gasteiger partial charge on any atom is -0.507 e. The molecule has 4 nitrogen and oxygen atoms in total. The van der Waals surface area contributed by atoms with Gasteiger partial charge in [0.15, 0.2) is 0 Å². The van der Waals surface area contributed by atoms with Gasteiger partial charge in [-0.15, -0.1) is 0 Å². The molecular weight excluding hydrogens is 259 g/mol. The quantitative estimate of drug-likeness (QED) is 0.666. The number of hydrogen-bond acceptors (Lipinski definition) is 3. The summed E-state index contributed by atoms with van der Waals surface area (Å²) in [5.41, 5.74) is 4.03. The van der Waals surface area contributed by atoms with Gasteiger partial charge in [0.1, 0.15) is 11.6 Å². The maximum Gasteiger partial charge on any atom is 0.271 e. The lowest BCUT2D eigenvalue weighted by atomic mass is 10.1. The van der Waals surface area contributed by atoms with Crippen molar-refractivity contribution in [2.24, 2.45) is 5.10 Å². The van der Waals surface area contributed by atoms with Crippen molar-refractivity contribution in [1.82, 2.24) is 5.43 Å². The maximum absolute atomic E-state index is 12.7. The third kappa shape index (κ3) is 3.41. The van der Waals surface area contributed by atoms with Gasteiger partial charge in [0.2, 0.25) is 0 Å². The second-order valence-corrected chi connectivity index (χ2v) is 4.27. The average molecular weight is 272 g/mol. The average Bonchev–Trinajstić information content (AvgIpc) is 2.42. The second kappa shape index (κ2) is 5.97. The lowest BCUT2D eigenvalue weighted by molar-refractivity contribution is 0.0955. The molecular formula is C15H13FN2O2. The number of hydrazone groups is 1. The molecule has 0 spiro atoms. The molecule has 0 bridgehead atoms. The van der Waals surface area contributed by atoms with Crippen LogP contribution in [0.1, 0.15) is 21.5 Å². The van der Waals surface area contributed by atoms with E-state index in [0.717, 1.165) is 5.56 Å². The Morgan fingerprint density at radius 1 is 1.25 bits per heavy atom. The largest absolute Gasteiger partial charge is 0.507 e. The Labute approximate surface area is 115 Å². The number of nitrogens with zero attached hydrogens (tertiary/aromatic N) is 1. The van der Waals surface area contributed by atoms with Crippen molar-refractivity contribution in [1.29, 1.82) is 0 Å². The number of aromatic hydroxyl groups is 1. The SMILES string of the molecule is Cc1ccc(C=NNC(=O)c2ccc(F)cc2)c(O)c1. The number of hydrogen-bond donors (Lipinski definition) is 2. The summed E-state index contributed by atoms with van der Waals surface area (Å²) in [6, 6.07) is 10.2. The number of carbonyl (C=O) groups excluding carboxylic acids is 1. The van der Waals surface area contributed by atoms with Crippen LogP contribution in [0.5, 0.6) is 5.75 Å². The van der Waals surface area contributed by atoms with Crippen molar-refractivity contribution in [2.45, 2.75) is 6.92 Å². The van der Waals surface area contributed by atoms with E-state index >= 15 is 0 Å². The molecule has 0 unspecified atom stereocenters. The van der Waals surface area contributed by atoms with E-state index in [0.29, 0.717) is 11.1 Å². The Balaban J connectivity index is 2.02. The fourth-order valence-electron chi connectivity index (χ4n) is 1.59. The lowest BCUT2D eigenvalue weighted by Gasteiger charge is -2.01. The number of rotatable bonds is 3. The van der Waals surface area contributed by atoms with E-state index < -0.39 is 11.7 Å². The normalized spacial score (nSPS) is 10.7. The van der Waals surface area contributed by atoms with Crippen LogP contribution in [0, 0.1) is 12.7 Å². The molecule has 0 saturated carbocycles. The van der Waals surface area contributed by atoms with Gasteiger partial charge in [-0.3, -0.25) is 4.79 Å². The number of benzene rings is 2. The van der Waals surface area contributed by atoms with E-state index in [1.54, 1.807) is 12.1 Å². The van der Waals surface area contributed by atoms with Gasteiger partial charge in [0, 0.05) is 11.1 Å². The van der Waals surface area contributed by atoms with Gasteiger partial charge in [-0.2, -0.15) is 5.10 Å². The smallest absolute Gasteiger partial charge is 0.271 e. The van der Waals surface area contributed by atoms with Crippen molar-refractivity contribution < 1.29 is 14.3 Å². The molecule has 0 atom stereocenters. The molecule has 0 saturated heterocycles. The van der Waals surface area contributed by atoms with Crippen LogP contribution in [-0.2, 0) is 0 Å². The van der Waals surface area contributed by atoms with Crippen molar-refractivity contribution in [2.75, 3.05) is 0 Å². The van der Waals surface area contributed by atoms with Crippen LogP contribution in [0.3, 0.4) is 0 Å². The molecule has 5 heteroatoms. The number of halogens is 1. The van der Waals surface area contributed by atoms with E-state index in [4.69, 9.17) is 0 Å². The van der Waals surface area contributed by atoms with Crippen LogP contribution in [0.15, 0.2) is 47.6 Å². The number of nitrogens with one attached hydrogen (secondary N) is 1. The van der Waals surface area contributed by atoms with Crippen LogP contribution in [0.2, 0.25) is 0 Å². The summed E-state index contributed by atoms with van der Waals surface area (Å²) in [6.07, 6.45) is 1.34. The zero-order valence-electron chi connectivity index (χ0n) is 10.8. The molecule has 0 radical (unpaired) electrons. The van der Waals surface area contributed by atoms with Crippen LogP contribution < -0.4 is 5.43 Å². The fourth-order valence-corrected chi connectivity index (χ4v) is 1.59. The summed E-state index contributed by atoms with van der Waals surface area (Å²) in [7, 11) is 0. The van der Waals surface area contributed by atoms with Crippen LogP contribution in [0.25, 0.3) is 0 Å². The number of aryl methyl sites for hydroxylation is 1. The van der Waals surface area contributed by atoms with Gasteiger partial charge in [-0.25, -0.2) is 9.82 Å². The predicted octanol–water partition coefficient (Wildman–Crippen LogP) is 2.60. The van der Waals surface area contributed by atoms with Crippen molar-refractivity contribution in [3.8, 4) is 5.75 Å². The zero-order chi connectivity index (χ0) is 14.5. The second-order valence-electron chi connectivity index (χ2n) is 4.27. The monoisotopic (exact) mass is 272 g/mol. The topological polar surface area (TPSA) is 61.7 Å². The van der Waals surface area contributed by atoms with Gasteiger partial charge in [-0.1, -0.05) is 6.07 Å². The number of phenols is 1. The number of carbonyl (C=O) groups is 1. The molecule has 0 fully saturated rings. The minimum absolute atomic E-state index is 0.0878. The Kier molecular flexibility index (Phi) is 4.10. The van der Waals surface area contributed by atoms with Crippen molar-refractivity contribution in [3.05, 3.63) is 65.0 Å². The first-order valence-electron chi connectivity index (χ1n) is 5.95. The van der Waals surface area contributed by atoms with E-state index in [2.05, 4.69) is 10.5 Å². The molecule has 0 aromatic heterocycles. The highest BCUT2D eigenvalue weighted by Gasteiger charge is 2.04. The van der Waals surface area contributed by atoms with Crippen LogP contribution in [-0.4, -0.2) is 17.2 Å².